The van der Waals surface area contributed by atoms with Crippen LogP contribution in [0.25, 0.3) is 11.2 Å². The van der Waals surface area contributed by atoms with Crippen molar-refractivity contribution in [3.8, 4) is 0 Å². The fourth-order valence-corrected chi connectivity index (χ4v) is 2.42. The molecule has 9 nitrogen and oxygen atoms in total. The Kier molecular flexibility index (Phi) is 4.86. The second kappa shape index (κ2) is 6.65. The van der Waals surface area contributed by atoms with E-state index in [1.54, 1.807) is 18.7 Å². The summed E-state index contributed by atoms with van der Waals surface area (Å²) in [4.78, 5) is 38.7. The van der Waals surface area contributed by atoms with Gasteiger partial charge in [-0.1, -0.05) is 5.18 Å². The van der Waals surface area contributed by atoms with Crippen LogP contribution in [-0.2, 0) is 20.6 Å². The third-order valence-corrected chi connectivity index (χ3v) is 3.66. The highest BCUT2D eigenvalue weighted by atomic mass is 16.3. The molecule has 0 amide bonds. The molecule has 0 aliphatic heterocycles. The van der Waals surface area contributed by atoms with Gasteiger partial charge in [-0.3, -0.25) is 13.9 Å². The molecule has 0 aliphatic carbocycles. The zero-order valence-corrected chi connectivity index (χ0v) is 12.6. The lowest BCUT2D eigenvalue weighted by molar-refractivity contribution is 0.168. The number of aliphatic hydroxyl groups is 1. The molecule has 0 aliphatic rings. The highest BCUT2D eigenvalue weighted by molar-refractivity contribution is 5.69. The van der Waals surface area contributed by atoms with E-state index in [-0.39, 0.29) is 18.6 Å². The number of aryl methyl sites for hydroxylation is 2. The maximum absolute atomic E-state index is 12.4. The predicted molar refractivity (Wildman–Crippen MR) is 80.7 cm³/mol. The normalized spacial score (nSPS) is 12.7. The van der Waals surface area contributed by atoms with Gasteiger partial charge in [-0.15, -0.1) is 0 Å². The van der Waals surface area contributed by atoms with Crippen molar-refractivity contribution in [1.82, 2.24) is 18.7 Å². The Balaban J connectivity index is 2.18. The minimum Gasteiger partial charge on any atom is -0.391 e. The summed E-state index contributed by atoms with van der Waals surface area (Å²) in [6.07, 6.45) is 2.29. The summed E-state index contributed by atoms with van der Waals surface area (Å²) >= 11 is 0. The molecule has 2 rings (SSSR count). The molecule has 0 bridgehead atoms. The van der Waals surface area contributed by atoms with Crippen LogP contribution in [0.1, 0.15) is 19.3 Å². The Labute approximate surface area is 125 Å². The van der Waals surface area contributed by atoms with Gasteiger partial charge in [-0.25, -0.2) is 9.78 Å². The number of hydrogen-bond donors (Lipinski definition) is 1. The summed E-state index contributed by atoms with van der Waals surface area (Å²) in [6, 6.07) is 0. The number of aromatic nitrogens is 4. The molecule has 2 heterocycles. The SMILES string of the molecule is Cn1cnc2c1c(=O)n(CCCCC(O)CN=O)c(=O)n2C. The molecule has 9 heteroatoms. The van der Waals surface area contributed by atoms with Crippen molar-refractivity contribution in [2.45, 2.75) is 31.9 Å². The van der Waals surface area contributed by atoms with Crippen LogP contribution in [0.3, 0.4) is 0 Å². The van der Waals surface area contributed by atoms with E-state index >= 15 is 0 Å². The fraction of sp³-hybridized carbons (Fsp3) is 0.615. The Morgan fingerprint density at radius 1 is 1.32 bits per heavy atom. The Hall–Kier alpha value is -2.29. The molecule has 0 fully saturated rings. The number of fused-ring (bicyclic) bond motifs is 1. The molecular weight excluding hydrogens is 290 g/mol. The van der Waals surface area contributed by atoms with Gasteiger partial charge >= 0.3 is 5.69 Å². The first-order chi connectivity index (χ1) is 10.5. The zero-order chi connectivity index (χ0) is 16.3. The van der Waals surface area contributed by atoms with Gasteiger partial charge in [-0.2, -0.15) is 4.91 Å². The monoisotopic (exact) mass is 309 g/mol. The van der Waals surface area contributed by atoms with Crippen LogP contribution in [0.15, 0.2) is 21.1 Å². The summed E-state index contributed by atoms with van der Waals surface area (Å²) in [7, 11) is 3.28. The van der Waals surface area contributed by atoms with Crippen LogP contribution in [0.4, 0.5) is 0 Å². The highest BCUT2D eigenvalue weighted by Gasteiger charge is 2.14. The lowest BCUT2D eigenvalue weighted by Crippen LogP contribution is -2.39. The van der Waals surface area contributed by atoms with E-state index in [1.165, 1.54) is 15.5 Å². The van der Waals surface area contributed by atoms with Crippen molar-refractivity contribution < 1.29 is 5.11 Å². The van der Waals surface area contributed by atoms with E-state index in [0.717, 1.165) is 0 Å². The van der Waals surface area contributed by atoms with E-state index in [2.05, 4.69) is 10.2 Å². The van der Waals surface area contributed by atoms with Gasteiger partial charge in [-0.05, 0) is 19.3 Å². The van der Waals surface area contributed by atoms with Crippen molar-refractivity contribution >= 4 is 11.2 Å². The first-order valence-electron chi connectivity index (χ1n) is 7.05. The average molecular weight is 309 g/mol. The van der Waals surface area contributed by atoms with E-state index in [4.69, 9.17) is 0 Å². The number of unbranched alkanes of at least 4 members (excludes halogenated alkanes) is 1. The molecule has 0 aromatic carbocycles. The molecule has 0 spiro atoms. The molecule has 1 atom stereocenters. The standard InChI is InChI=1S/C13H19N5O4/c1-16-8-14-11-10(16)12(20)18(13(21)17(11)2)6-4-3-5-9(19)7-15-22/h8-9,19H,3-7H2,1-2H3. The maximum atomic E-state index is 12.4. The third-order valence-electron chi connectivity index (χ3n) is 3.66. The first kappa shape index (κ1) is 16.1. The van der Waals surface area contributed by atoms with Crippen LogP contribution < -0.4 is 11.2 Å². The summed E-state index contributed by atoms with van der Waals surface area (Å²) in [5, 5.41) is 12.0. The van der Waals surface area contributed by atoms with Crippen molar-refractivity contribution in [2.75, 3.05) is 6.54 Å². The molecule has 22 heavy (non-hydrogen) atoms. The van der Waals surface area contributed by atoms with Crippen LogP contribution >= 0.6 is 0 Å². The number of nitroso groups, excluding NO2 is 1. The minimum absolute atomic E-state index is 0.136. The second-order valence-electron chi connectivity index (χ2n) is 5.29. The van der Waals surface area contributed by atoms with Crippen molar-refractivity contribution in [3.05, 3.63) is 32.1 Å². The summed E-state index contributed by atoms with van der Waals surface area (Å²) < 4.78 is 4.11. The second-order valence-corrected chi connectivity index (χ2v) is 5.29. The molecule has 0 radical (unpaired) electrons. The lowest BCUT2D eigenvalue weighted by Gasteiger charge is -2.09. The molecule has 2 aromatic heterocycles. The first-order valence-corrected chi connectivity index (χ1v) is 7.05. The number of hydrogen-bond acceptors (Lipinski definition) is 6. The number of imidazole rings is 1. The molecule has 1 N–H and O–H groups in total. The molecule has 0 saturated carbocycles. The van der Waals surface area contributed by atoms with Crippen molar-refractivity contribution in [2.24, 2.45) is 19.3 Å². The molecule has 2 aromatic rings. The average Bonchev–Trinajstić information content (AvgIpc) is 2.86. The van der Waals surface area contributed by atoms with E-state index < -0.39 is 11.8 Å². The van der Waals surface area contributed by atoms with Gasteiger partial charge in [0.15, 0.2) is 11.2 Å². The van der Waals surface area contributed by atoms with Gasteiger partial charge in [0.05, 0.1) is 12.4 Å². The molecule has 0 saturated heterocycles. The van der Waals surface area contributed by atoms with E-state index in [1.807, 2.05) is 0 Å². The topological polar surface area (TPSA) is 111 Å². The van der Waals surface area contributed by atoms with Crippen LogP contribution in [-0.4, -0.2) is 36.4 Å². The number of nitrogens with zero attached hydrogens (tertiary/aromatic N) is 5. The quantitative estimate of drug-likeness (QED) is 0.559. The number of rotatable bonds is 7. The smallest absolute Gasteiger partial charge is 0.332 e. The molecule has 120 valence electrons. The van der Waals surface area contributed by atoms with Gasteiger partial charge in [0, 0.05) is 20.6 Å². The molecular formula is C13H19N5O4. The Morgan fingerprint density at radius 2 is 2.05 bits per heavy atom. The predicted octanol–water partition coefficient (Wildman–Crippen LogP) is -0.269. The Bertz CT molecular complexity index is 788. The van der Waals surface area contributed by atoms with Crippen molar-refractivity contribution in [3.63, 3.8) is 0 Å². The highest BCUT2D eigenvalue weighted by Crippen LogP contribution is 2.05. The van der Waals surface area contributed by atoms with Crippen LogP contribution in [0.2, 0.25) is 0 Å². The molecule has 1 unspecified atom stereocenters. The van der Waals surface area contributed by atoms with Gasteiger partial charge in [0.1, 0.15) is 6.54 Å². The van der Waals surface area contributed by atoms with Crippen LogP contribution in [0.5, 0.6) is 0 Å². The number of aliphatic hydroxyl groups excluding tert-OH is 1. The Morgan fingerprint density at radius 3 is 2.73 bits per heavy atom. The van der Waals surface area contributed by atoms with Gasteiger partial charge in [0.2, 0.25) is 0 Å². The third kappa shape index (κ3) is 2.98. The summed E-state index contributed by atoms with van der Waals surface area (Å²) in [5.41, 5.74) is -0.0342. The van der Waals surface area contributed by atoms with E-state index in [9.17, 15) is 19.6 Å². The van der Waals surface area contributed by atoms with Gasteiger partial charge < -0.3 is 9.67 Å². The zero-order valence-electron chi connectivity index (χ0n) is 12.6. The minimum atomic E-state index is -0.767. The van der Waals surface area contributed by atoms with Gasteiger partial charge in [0.25, 0.3) is 5.56 Å². The van der Waals surface area contributed by atoms with Crippen molar-refractivity contribution in [1.29, 1.82) is 0 Å². The maximum Gasteiger partial charge on any atom is 0.332 e. The van der Waals surface area contributed by atoms with E-state index in [0.29, 0.717) is 30.4 Å². The lowest BCUT2D eigenvalue weighted by atomic mass is 10.1. The van der Waals surface area contributed by atoms with Crippen LogP contribution in [0, 0.1) is 4.91 Å². The summed E-state index contributed by atoms with van der Waals surface area (Å²) in [6.45, 7) is 0.122. The summed E-state index contributed by atoms with van der Waals surface area (Å²) in [5.74, 6) is 0. The largest absolute Gasteiger partial charge is 0.391 e. The fourth-order valence-electron chi connectivity index (χ4n) is 2.42.